The number of benzene rings is 2. The molecule has 0 atom stereocenters. The van der Waals surface area contributed by atoms with E-state index in [4.69, 9.17) is 4.98 Å². The summed E-state index contributed by atoms with van der Waals surface area (Å²) < 4.78 is 3.68. The Balaban J connectivity index is 1.33. The summed E-state index contributed by atoms with van der Waals surface area (Å²) in [5, 5.41) is 8.89. The smallest absolute Gasteiger partial charge is 0.254 e. The first-order valence-electron chi connectivity index (χ1n) is 9.66. The maximum absolute atomic E-state index is 13.1. The number of hydrogen-bond donors (Lipinski definition) is 0. The van der Waals surface area contributed by atoms with E-state index in [2.05, 4.69) is 10.2 Å². The molecule has 0 radical (unpaired) electrons. The lowest BCUT2D eigenvalue weighted by molar-refractivity contribution is 0.0758. The normalized spacial score (nSPS) is 13.7. The number of carbonyl (C=O) groups excluding carboxylic acids is 1. The lowest BCUT2D eigenvalue weighted by atomic mass is 10.1. The van der Waals surface area contributed by atoms with Crippen molar-refractivity contribution in [3.8, 4) is 17.1 Å². The molecule has 5 rings (SSSR count). The lowest BCUT2D eigenvalue weighted by Crippen LogP contribution is -2.33. The molecule has 0 saturated heterocycles. The van der Waals surface area contributed by atoms with Gasteiger partial charge in [-0.05, 0) is 24.3 Å². The molecule has 0 spiro atoms. The topological polar surface area (TPSA) is 68.8 Å². The Morgan fingerprint density at radius 3 is 2.66 bits per heavy atom. The van der Waals surface area contributed by atoms with Crippen LogP contribution in [0.2, 0.25) is 0 Å². The molecular formula is C22H20N6O. The minimum atomic E-state index is 0.0213. The number of fused-ring (bicyclic) bond motifs is 1. The number of amides is 1. The quantitative estimate of drug-likeness (QED) is 0.545. The van der Waals surface area contributed by atoms with E-state index in [1.165, 1.54) is 0 Å². The SMILES string of the molecule is O=C(c1cccc(-n2cccn2)c1)N1CCc2nc(-c3ccccc3)nn2CC1. The van der Waals surface area contributed by atoms with Gasteiger partial charge in [-0.15, -0.1) is 0 Å². The second kappa shape index (κ2) is 7.35. The Kier molecular flexibility index (Phi) is 4.40. The summed E-state index contributed by atoms with van der Waals surface area (Å²) in [5.41, 5.74) is 2.55. The van der Waals surface area contributed by atoms with Gasteiger partial charge in [0.2, 0.25) is 0 Å². The number of hydrogen-bond acceptors (Lipinski definition) is 4. The van der Waals surface area contributed by atoms with E-state index in [9.17, 15) is 4.79 Å². The van der Waals surface area contributed by atoms with Crippen LogP contribution in [0.1, 0.15) is 16.2 Å². The maximum atomic E-state index is 13.1. The number of rotatable bonds is 3. The molecule has 2 aromatic heterocycles. The van der Waals surface area contributed by atoms with Crippen molar-refractivity contribution in [1.82, 2.24) is 29.4 Å². The molecule has 1 amide bonds. The predicted octanol–water partition coefficient (Wildman–Crippen LogP) is 2.83. The predicted molar refractivity (Wildman–Crippen MR) is 109 cm³/mol. The molecule has 3 heterocycles. The molecule has 0 saturated carbocycles. The van der Waals surface area contributed by atoms with Crippen molar-refractivity contribution in [1.29, 1.82) is 0 Å². The largest absolute Gasteiger partial charge is 0.336 e. The first-order valence-corrected chi connectivity index (χ1v) is 9.66. The summed E-state index contributed by atoms with van der Waals surface area (Å²) in [6.07, 6.45) is 4.27. The molecule has 1 aliphatic rings. The van der Waals surface area contributed by atoms with Gasteiger partial charge in [0.05, 0.1) is 12.2 Å². The average Bonchev–Trinajstić information content (AvgIpc) is 3.41. The van der Waals surface area contributed by atoms with Crippen molar-refractivity contribution in [2.45, 2.75) is 13.0 Å². The van der Waals surface area contributed by atoms with E-state index in [0.717, 1.165) is 22.9 Å². The average molecular weight is 384 g/mol. The van der Waals surface area contributed by atoms with Crippen LogP contribution in [0.15, 0.2) is 73.1 Å². The zero-order valence-electron chi connectivity index (χ0n) is 15.8. The summed E-state index contributed by atoms with van der Waals surface area (Å²) >= 11 is 0. The minimum absolute atomic E-state index is 0.0213. The molecule has 1 aliphatic heterocycles. The van der Waals surface area contributed by atoms with Crippen molar-refractivity contribution in [2.24, 2.45) is 0 Å². The monoisotopic (exact) mass is 384 g/mol. The summed E-state index contributed by atoms with van der Waals surface area (Å²) in [7, 11) is 0. The molecule has 0 fully saturated rings. The van der Waals surface area contributed by atoms with E-state index in [1.54, 1.807) is 10.9 Å². The minimum Gasteiger partial charge on any atom is -0.336 e. The number of aromatic nitrogens is 5. The Hall–Kier alpha value is -3.74. The highest BCUT2D eigenvalue weighted by atomic mass is 16.2. The van der Waals surface area contributed by atoms with Gasteiger partial charge in [-0.3, -0.25) is 4.79 Å². The summed E-state index contributed by atoms with van der Waals surface area (Å²) in [6, 6.07) is 19.4. The second-order valence-corrected chi connectivity index (χ2v) is 6.98. The molecule has 0 N–H and O–H groups in total. The Labute approximate surface area is 168 Å². The molecule has 29 heavy (non-hydrogen) atoms. The van der Waals surface area contributed by atoms with Gasteiger partial charge in [0, 0.05) is 43.0 Å². The summed E-state index contributed by atoms with van der Waals surface area (Å²) in [4.78, 5) is 19.7. The van der Waals surface area contributed by atoms with Crippen molar-refractivity contribution in [3.63, 3.8) is 0 Å². The Morgan fingerprint density at radius 1 is 0.931 bits per heavy atom. The van der Waals surface area contributed by atoms with Crippen LogP contribution in [-0.2, 0) is 13.0 Å². The molecular weight excluding hydrogens is 364 g/mol. The van der Waals surface area contributed by atoms with E-state index in [-0.39, 0.29) is 5.91 Å². The van der Waals surface area contributed by atoms with Crippen molar-refractivity contribution in [2.75, 3.05) is 13.1 Å². The zero-order valence-corrected chi connectivity index (χ0v) is 15.8. The van der Waals surface area contributed by atoms with Crippen LogP contribution in [0, 0.1) is 0 Å². The third kappa shape index (κ3) is 3.42. The Bertz CT molecular complexity index is 1110. The lowest BCUT2D eigenvalue weighted by Gasteiger charge is -2.20. The highest BCUT2D eigenvalue weighted by Gasteiger charge is 2.22. The summed E-state index contributed by atoms with van der Waals surface area (Å²) in [6.45, 7) is 1.87. The molecule has 0 unspecified atom stereocenters. The van der Waals surface area contributed by atoms with Crippen molar-refractivity contribution in [3.05, 3.63) is 84.4 Å². The molecule has 4 aromatic rings. The van der Waals surface area contributed by atoms with Crippen LogP contribution in [-0.4, -0.2) is 48.4 Å². The third-order valence-electron chi connectivity index (χ3n) is 5.12. The summed E-state index contributed by atoms with van der Waals surface area (Å²) in [5.74, 6) is 1.68. The van der Waals surface area contributed by atoms with Crippen LogP contribution in [0.3, 0.4) is 0 Å². The van der Waals surface area contributed by atoms with Crippen molar-refractivity contribution >= 4 is 5.91 Å². The fourth-order valence-electron chi connectivity index (χ4n) is 3.60. The van der Waals surface area contributed by atoms with E-state index < -0.39 is 0 Å². The van der Waals surface area contributed by atoms with E-state index in [0.29, 0.717) is 31.6 Å². The molecule has 0 bridgehead atoms. The first kappa shape index (κ1) is 17.4. The van der Waals surface area contributed by atoms with Crippen LogP contribution in [0.4, 0.5) is 0 Å². The standard InChI is InChI=1S/C22H20N6O/c29-22(18-8-4-9-19(16-18)27-12-5-11-23-27)26-13-10-20-24-21(25-28(20)15-14-26)17-6-2-1-3-7-17/h1-9,11-12,16H,10,13-15H2. The van der Waals surface area contributed by atoms with Gasteiger partial charge in [0.25, 0.3) is 5.91 Å². The highest BCUT2D eigenvalue weighted by molar-refractivity contribution is 5.94. The van der Waals surface area contributed by atoms with Gasteiger partial charge in [-0.2, -0.15) is 10.2 Å². The van der Waals surface area contributed by atoms with Gasteiger partial charge < -0.3 is 4.90 Å². The second-order valence-electron chi connectivity index (χ2n) is 6.98. The van der Waals surface area contributed by atoms with Gasteiger partial charge in [-0.1, -0.05) is 36.4 Å². The van der Waals surface area contributed by atoms with E-state index in [1.807, 2.05) is 76.4 Å². The molecule has 2 aromatic carbocycles. The van der Waals surface area contributed by atoms with Gasteiger partial charge in [-0.25, -0.2) is 14.3 Å². The zero-order chi connectivity index (χ0) is 19.6. The number of nitrogens with zero attached hydrogens (tertiary/aromatic N) is 6. The van der Waals surface area contributed by atoms with Crippen LogP contribution < -0.4 is 0 Å². The molecule has 7 heteroatoms. The third-order valence-corrected chi connectivity index (χ3v) is 5.12. The maximum Gasteiger partial charge on any atom is 0.254 e. The fourth-order valence-corrected chi connectivity index (χ4v) is 3.60. The fraction of sp³-hybridized carbons (Fsp3) is 0.182. The van der Waals surface area contributed by atoms with E-state index >= 15 is 0 Å². The van der Waals surface area contributed by atoms with Gasteiger partial charge >= 0.3 is 0 Å². The first-order chi connectivity index (χ1) is 14.3. The van der Waals surface area contributed by atoms with Crippen LogP contribution >= 0.6 is 0 Å². The highest BCUT2D eigenvalue weighted by Crippen LogP contribution is 2.18. The van der Waals surface area contributed by atoms with Crippen LogP contribution in [0.5, 0.6) is 0 Å². The van der Waals surface area contributed by atoms with Crippen molar-refractivity contribution < 1.29 is 4.79 Å². The molecule has 0 aliphatic carbocycles. The van der Waals surface area contributed by atoms with Gasteiger partial charge in [0.15, 0.2) is 5.82 Å². The van der Waals surface area contributed by atoms with Crippen LogP contribution in [0.25, 0.3) is 17.1 Å². The molecule has 7 nitrogen and oxygen atoms in total. The Morgan fingerprint density at radius 2 is 1.83 bits per heavy atom. The number of carbonyl (C=O) groups is 1. The van der Waals surface area contributed by atoms with Gasteiger partial charge in [0.1, 0.15) is 5.82 Å². The molecule has 144 valence electrons.